The number of rotatable bonds is 7. The van der Waals surface area contributed by atoms with Gasteiger partial charge in [-0.2, -0.15) is 23.3 Å². The van der Waals surface area contributed by atoms with E-state index in [4.69, 9.17) is 4.74 Å². The quantitative estimate of drug-likeness (QED) is 0.313. The first kappa shape index (κ1) is 24.5. The van der Waals surface area contributed by atoms with Crippen molar-refractivity contribution in [1.82, 2.24) is 19.7 Å². The van der Waals surface area contributed by atoms with Gasteiger partial charge in [0.1, 0.15) is 5.75 Å². The van der Waals surface area contributed by atoms with Gasteiger partial charge in [0.05, 0.1) is 22.5 Å². The predicted molar refractivity (Wildman–Crippen MR) is 129 cm³/mol. The SMILES string of the molecule is C=CC(=O)Nc1cccc(Oc2nc(Nc3cn(C)nc3C)ncc2-c2ccc(C(F)(F)F)cc2)c1. The number of anilines is 3. The number of carbonyl (C=O) groups excluding carboxylic acids is 1. The van der Waals surface area contributed by atoms with Crippen LogP contribution in [-0.4, -0.2) is 25.7 Å². The summed E-state index contributed by atoms with van der Waals surface area (Å²) in [6.45, 7) is 5.24. The number of benzene rings is 2. The van der Waals surface area contributed by atoms with E-state index in [1.165, 1.54) is 18.3 Å². The second-order valence-corrected chi connectivity index (χ2v) is 7.74. The van der Waals surface area contributed by atoms with Crippen LogP contribution in [-0.2, 0) is 18.0 Å². The minimum Gasteiger partial charge on any atom is -0.438 e. The molecule has 0 aliphatic rings. The zero-order valence-electron chi connectivity index (χ0n) is 19.3. The van der Waals surface area contributed by atoms with Crippen molar-refractivity contribution in [2.75, 3.05) is 10.6 Å². The molecular weight excluding hydrogens is 473 g/mol. The van der Waals surface area contributed by atoms with Crippen LogP contribution in [0, 0.1) is 6.92 Å². The van der Waals surface area contributed by atoms with Crippen LogP contribution in [0.2, 0.25) is 0 Å². The summed E-state index contributed by atoms with van der Waals surface area (Å²) in [7, 11) is 1.78. The molecule has 11 heteroatoms. The third-order valence-corrected chi connectivity index (χ3v) is 5.04. The Bertz CT molecular complexity index is 1410. The second kappa shape index (κ2) is 9.90. The summed E-state index contributed by atoms with van der Waals surface area (Å²) in [6.07, 6.45) is -0.101. The first-order chi connectivity index (χ1) is 17.1. The number of alkyl halides is 3. The van der Waals surface area contributed by atoms with Gasteiger partial charge >= 0.3 is 6.18 Å². The molecular formula is C25H21F3N6O2. The Morgan fingerprint density at radius 1 is 1.17 bits per heavy atom. The highest BCUT2D eigenvalue weighted by molar-refractivity contribution is 5.98. The summed E-state index contributed by atoms with van der Waals surface area (Å²) in [6, 6.07) is 11.2. The van der Waals surface area contributed by atoms with Crippen LogP contribution in [0.5, 0.6) is 11.6 Å². The molecule has 0 saturated heterocycles. The van der Waals surface area contributed by atoms with Gasteiger partial charge in [0.15, 0.2) is 0 Å². The van der Waals surface area contributed by atoms with E-state index < -0.39 is 17.6 Å². The third-order valence-electron chi connectivity index (χ3n) is 5.04. The summed E-state index contributed by atoms with van der Waals surface area (Å²) in [5.41, 5.74) is 1.90. The summed E-state index contributed by atoms with van der Waals surface area (Å²) in [4.78, 5) is 20.4. The largest absolute Gasteiger partial charge is 0.438 e. The fraction of sp³-hybridized carbons (Fsp3) is 0.120. The van der Waals surface area contributed by atoms with Crippen molar-refractivity contribution in [3.05, 3.63) is 84.8 Å². The average Bonchev–Trinajstić information content (AvgIpc) is 3.15. The standard InChI is InChI=1S/C25H21F3N6O2/c1-4-22(35)30-18-6-5-7-19(12-18)36-23-20(16-8-10-17(11-9-16)25(26,27)28)13-29-24(32-23)31-21-14-34(3)33-15(21)2/h4-14H,1H2,2-3H3,(H,30,35)(H,29,31,32). The fourth-order valence-electron chi connectivity index (χ4n) is 3.33. The van der Waals surface area contributed by atoms with Crippen molar-refractivity contribution >= 4 is 23.2 Å². The lowest BCUT2D eigenvalue weighted by Gasteiger charge is -2.14. The lowest BCUT2D eigenvalue weighted by atomic mass is 10.1. The van der Waals surface area contributed by atoms with E-state index in [9.17, 15) is 18.0 Å². The van der Waals surface area contributed by atoms with Crippen molar-refractivity contribution in [2.24, 2.45) is 7.05 Å². The normalized spacial score (nSPS) is 11.1. The number of halogens is 3. The van der Waals surface area contributed by atoms with Gasteiger partial charge in [0.25, 0.3) is 0 Å². The predicted octanol–water partition coefficient (Wildman–Crippen LogP) is 5.86. The number of nitrogens with zero attached hydrogens (tertiary/aromatic N) is 4. The molecule has 2 heterocycles. The van der Waals surface area contributed by atoms with E-state index in [0.717, 1.165) is 23.9 Å². The van der Waals surface area contributed by atoms with Crippen molar-refractivity contribution < 1.29 is 22.7 Å². The number of hydrogen-bond donors (Lipinski definition) is 2. The Labute approximate surface area is 204 Å². The Balaban J connectivity index is 1.72. The van der Waals surface area contributed by atoms with E-state index in [1.54, 1.807) is 42.2 Å². The Morgan fingerprint density at radius 3 is 2.56 bits per heavy atom. The van der Waals surface area contributed by atoms with Crippen LogP contribution >= 0.6 is 0 Å². The topological polar surface area (TPSA) is 94.0 Å². The monoisotopic (exact) mass is 494 g/mol. The highest BCUT2D eigenvalue weighted by Gasteiger charge is 2.30. The number of hydrogen-bond acceptors (Lipinski definition) is 6. The van der Waals surface area contributed by atoms with Crippen molar-refractivity contribution in [1.29, 1.82) is 0 Å². The van der Waals surface area contributed by atoms with Gasteiger partial charge < -0.3 is 15.4 Å². The second-order valence-electron chi connectivity index (χ2n) is 7.74. The average molecular weight is 494 g/mol. The summed E-state index contributed by atoms with van der Waals surface area (Å²) in [5, 5.41) is 9.97. The van der Waals surface area contributed by atoms with Crippen LogP contribution in [0.25, 0.3) is 11.1 Å². The Hall–Kier alpha value is -4.67. The van der Waals surface area contributed by atoms with Gasteiger partial charge in [-0.1, -0.05) is 24.8 Å². The molecule has 0 atom stereocenters. The number of ether oxygens (including phenoxy) is 1. The highest BCUT2D eigenvalue weighted by atomic mass is 19.4. The molecule has 1 amide bonds. The van der Waals surface area contributed by atoms with Gasteiger partial charge in [-0.05, 0) is 42.8 Å². The molecule has 2 aromatic carbocycles. The van der Waals surface area contributed by atoms with E-state index >= 15 is 0 Å². The number of aryl methyl sites for hydroxylation is 2. The maximum absolute atomic E-state index is 13.0. The zero-order chi connectivity index (χ0) is 25.9. The minimum atomic E-state index is -4.46. The molecule has 4 aromatic rings. The van der Waals surface area contributed by atoms with Crippen LogP contribution < -0.4 is 15.4 Å². The first-order valence-electron chi connectivity index (χ1n) is 10.7. The van der Waals surface area contributed by atoms with E-state index in [2.05, 4.69) is 32.3 Å². The highest BCUT2D eigenvalue weighted by Crippen LogP contribution is 2.36. The maximum atomic E-state index is 13.0. The number of amides is 1. The smallest absolute Gasteiger partial charge is 0.416 e. The van der Waals surface area contributed by atoms with Crippen molar-refractivity contribution in [3.8, 4) is 22.8 Å². The van der Waals surface area contributed by atoms with Gasteiger partial charge in [0.2, 0.25) is 17.7 Å². The Morgan fingerprint density at radius 2 is 1.92 bits per heavy atom. The number of nitrogens with one attached hydrogen (secondary N) is 2. The maximum Gasteiger partial charge on any atom is 0.416 e. The molecule has 0 radical (unpaired) electrons. The summed E-state index contributed by atoms with van der Waals surface area (Å²) >= 11 is 0. The third kappa shape index (κ3) is 5.69. The van der Waals surface area contributed by atoms with Crippen molar-refractivity contribution in [2.45, 2.75) is 13.1 Å². The molecule has 8 nitrogen and oxygen atoms in total. The molecule has 2 N–H and O–H groups in total. The summed E-state index contributed by atoms with van der Waals surface area (Å²) < 4.78 is 46.8. The molecule has 4 rings (SSSR count). The van der Waals surface area contributed by atoms with Crippen molar-refractivity contribution in [3.63, 3.8) is 0 Å². The van der Waals surface area contributed by atoms with E-state index in [1.807, 2.05) is 6.92 Å². The van der Waals surface area contributed by atoms with Crippen LogP contribution in [0.1, 0.15) is 11.3 Å². The molecule has 184 valence electrons. The number of aromatic nitrogens is 4. The fourth-order valence-corrected chi connectivity index (χ4v) is 3.33. The van der Waals surface area contributed by atoms with E-state index in [-0.39, 0.29) is 11.8 Å². The summed E-state index contributed by atoms with van der Waals surface area (Å²) in [5.74, 6) is 0.249. The van der Waals surface area contributed by atoms with Gasteiger partial charge in [0, 0.05) is 31.2 Å². The molecule has 0 spiro atoms. The van der Waals surface area contributed by atoms with Crippen LogP contribution in [0.4, 0.5) is 30.5 Å². The molecule has 0 bridgehead atoms. The van der Waals surface area contributed by atoms with E-state index in [0.29, 0.717) is 28.3 Å². The molecule has 0 unspecified atom stereocenters. The molecule has 0 aliphatic carbocycles. The molecule has 0 aliphatic heterocycles. The lowest BCUT2D eigenvalue weighted by molar-refractivity contribution is -0.137. The van der Waals surface area contributed by atoms with Crippen LogP contribution in [0.3, 0.4) is 0 Å². The molecule has 36 heavy (non-hydrogen) atoms. The van der Waals surface area contributed by atoms with Gasteiger partial charge in [-0.15, -0.1) is 0 Å². The first-order valence-corrected chi connectivity index (χ1v) is 10.7. The number of carbonyl (C=O) groups is 1. The minimum absolute atomic E-state index is 0.0981. The Kier molecular flexibility index (Phi) is 6.73. The molecule has 2 aromatic heterocycles. The zero-order valence-corrected chi connectivity index (χ0v) is 19.3. The lowest BCUT2D eigenvalue weighted by Crippen LogP contribution is -2.07. The van der Waals surface area contributed by atoms with Crippen LogP contribution in [0.15, 0.2) is 73.6 Å². The van der Waals surface area contributed by atoms with Gasteiger partial charge in [-0.25, -0.2) is 4.98 Å². The molecule has 0 saturated carbocycles. The van der Waals surface area contributed by atoms with Gasteiger partial charge in [-0.3, -0.25) is 9.48 Å². The molecule has 0 fully saturated rings.